The van der Waals surface area contributed by atoms with Crippen LogP contribution < -0.4 is 0 Å². The smallest absolute Gasteiger partial charge is 0.134 e. The Morgan fingerprint density at radius 1 is 1.22 bits per heavy atom. The molecule has 0 heterocycles. The number of rotatable bonds is 7. The van der Waals surface area contributed by atoms with Crippen LogP contribution in [0.25, 0.3) is 0 Å². The minimum Gasteiger partial charge on any atom is -0.377 e. The Kier molecular flexibility index (Phi) is 4.65. The fraction of sp³-hybridized carbons (Fsp3) is 0.467. The Morgan fingerprint density at radius 3 is 2.56 bits per heavy atom. The Hall–Kier alpha value is -1.48. The number of ether oxygens (including phenoxy) is 1. The van der Waals surface area contributed by atoms with E-state index in [4.69, 9.17) is 4.74 Å². The summed E-state index contributed by atoms with van der Waals surface area (Å²) in [6.45, 7) is 1.21. The molecular formula is C15H18O3. The largest absolute Gasteiger partial charge is 0.377 e. The number of ketones is 1. The van der Waals surface area contributed by atoms with Gasteiger partial charge in [0.15, 0.2) is 0 Å². The van der Waals surface area contributed by atoms with Gasteiger partial charge in [-0.05, 0) is 23.5 Å². The van der Waals surface area contributed by atoms with E-state index in [1.54, 1.807) is 0 Å². The van der Waals surface area contributed by atoms with Gasteiger partial charge in [0.2, 0.25) is 0 Å². The normalized spacial score (nSPS) is 15.4. The highest BCUT2D eigenvalue weighted by molar-refractivity contribution is 5.86. The lowest BCUT2D eigenvalue weighted by Gasteiger charge is -2.24. The molecule has 1 fully saturated rings. The first kappa shape index (κ1) is 13.0. The summed E-state index contributed by atoms with van der Waals surface area (Å²) in [5, 5.41) is 0. The van der Waals surface area contributed by atoms with Crippen molar-refractivity contribution < 1.29 is 14.3 Å². The van der Waals surface area contributed by atoms with Crippen molar-refractivity contribution in [3.05, 3.63) is 35.4 Å². The van der Waals surface area contributed by atoms with Crippen LogP contribution >= 0.6 is 0 Å². The second kappa shape index (κ2) is 6.45. The lowest BCUT2D eigenvalue weighted by molar-refractivity contribution is -0.124. The average molecular weight is 246 g/mol. The molecule has 3 heteroatoms. The molecular weight excluding hydrogens is 228 g/mol. The maximum atomic E-state index is 10.9. The molecule has 18 heavy (non-hydrogen) atoms. The van der Waals surface area contributed by atoms with Crippen LogP contribution in [0.3, 0.4) is 0 Å². The van der Waals surface area contributed by atoms with E-state index in [0.717, 1.165) is 18.3 Å². The van der Waals surface area contributed by atoms with Gasteiger partial charge < -0.3 is 9.53 Å². The van der Waals surface area contributed by atoms with Crippen molar-refractivity contribution >= 4 is 12.1 Å². The molecule has 0 radical (unpaired) electrons. The number of carbonyl (C=O) groups excluding carboxylic acids is 2. The molecule has 0 amide bonds. The predicted molar refractivity (Wildman–Crippen MR) is 68.4 cm³/mol. The minimum absolute atomic E-state index is 0.364. The van der Waals surface area contributed by atoms with Crippen molar-refractivity contribution in [3.63, 3.8) is 0 Å². The van der Waals surface area contributed by atoms with Crippen molar-refractivity contribution in [1.29, 1.82) is 0 Å². The molecule has 0 aliphatic heterocycles. The highest BCUT2D eigenvalue weighted by atomic mass is 16.5. The fourth-order valence-electron chi connectivity index (χ4n) is 2.07. The molecule has 0 unspecified atom stereocenters. The molecule has 0 aromatic heterocycles. The number of aldehydes is 1. The van der Waals surface area contributed by atoms with Crippen LogP contribution in [-0.2, 0) is 20.9 Å². The minimum atomic E-state index is 0.364. The van der Waals surface area contributed by atoms with E-state index in [-0.39, 0.29) is 0 Å². The number of hydrogen-bond acceptors (Lipinski definition) is 3. The van der Waals surface area contributed by atoms with E-state index in [2.05, 4.69) is 24.3 Å². The number of benzene rings is 1. The predicted octanol–water partition coefficient (Wildman–Crippen LogP) is 2.63. The molecule has 0 bridgehead atoms. The fourth-order valence-corrected chi connectivity index (χ4v) is 2.07. The standard InChI is InChI=1S/C15H18O3/c16-7-1-2-8-18-11-12-3-5-13(6-4-12)14-9-15(17)10-14/h3-7,14H,1-2,8-11H2. The van der Waals surface area contributed by atoms with E-state index < -0.39 is 0 Å². The first-order chi connectivity index (χ1) is 8.79. The first-order valence-corrected chi connectivity index (χ1v) is 6.41. The summed E-state index contributed by atoms with van der Waals surface area (Å²) in [6, 6.07) is 8.28. The third-order valence-electron chi connectivity index (χ3n) is 3.28. The molecule has 0 N–H and O–H groups in total. The zero-order valence-corrected chi connectivity index (χ0v) is 10.4. The summed E-state index contributed by atoms with van der Waals surface area (Å²) in [7, 11) is 0. The number of unbranched alkanes of at least 4 members (excludes halogenated alkanes) is 1. The summed E-state index contributed by atoms with van der Waals surface area (Å²) in [6.07, 6.45) is 3.65. The van der Waals surface area contributed by atoms with Crippen molar-refractivity contribution in [3.8, 4) is 0 Å². The average Bonchev–Trinajstić information content (AvgIpc) is 2.36. The topological polar surface area (TPSA) is 43.4 Å². The van der Waals surface area contributed by atoms with Crippen LogP contribution in [0, 0.1) is 0 Å². The zero-order chi connectivity index (χ0) is 12.8. The quantitative estimate of drug-likeness (QED) is 0.548. The highest BCUT2D eigenvalue weighted by Crippen LogP contribution is 2.33. The second-order valence-corrected chi connectivity index (χ2v) is 4.75. The van der Waals surface area contributed by atoms with Crippen LogP contribution in [0.1, 0.15) is 42.7 Å². The first-order valence-electron chi connectivity index (χ1n) is 6.41. The van der Waals surface area contributed by atoms with E-state index in [1.165, 1.54) is 5.56 Å². The maximum Gasteiger partial charge on any atom is 0.134 e. The molecule has 3 nitrogen and oxygen atoms in total. The van der Waals surface area contributed by atoms with Crippen molar-refractivity contribution in [2.45, 2.75) is 38.2 Å². The summed E-state index contributed by atoms with van der Waals surface area (Å²) in [5.74, 6) is 0.794. The van der Waals surface area contributed by atoms with Gasteiger partial charge in [0, 0.05) is 25.9 Å². The zero-order valence-electron chi connectivity index (χ0n) is 10.4. The van der Waals surface area contributed by atoms with Crippen molar-refractivity contribution in [1.82, 2.24) is 0 Å². The van der Waals surface area contributed by atoms with Crippen molar-refractivity contribution in [2.24, 2.45) is 0 Å². The van der Waals surface area contributed by atoms with Crippen LogP contribution in [0.4, 0.5) is 0 Å². The highest BCUT2D eigenvalue weighted by Gasteiger charge is 2.27. The third-order valence-corrected chi connectivity index (χ3v) is 3.28. The number of carbonyl (C=O) groups is 2. The van der Waals surface area contributed by atoms with Gasteiger partial charge in [-0.25, -0.2) is 0 Å². The summed E-state index contributed by atoms with van der Waals surface area (Å²) in [5.41, 5.74) is 2.38. The molecule has 0 spiro atoms. The Labute approximate surface area is 107 Å². The van der Waals surface area contributed by atoms with Crippen LogP contribution in [0.5, 0.6) is 0 Å². The van der Waals surface area contributed by atoms with Gasteiger partial charge in [-0.2, -0.15) is 0 Å². The maximum absolute atomic E-state index is 10.9. The second-order valence-electron chi connectivity index (χ2n) is 4.75. The molecule has 1 aliphatic rings. The Bertz CT molecular complexity index is 400. The van der Waals surface area contributed by atoms with Gasteiger partial charge in [0.1, 0.15) is 12.1 Å². The third kappa shape index (κ3) is 3.50. The number of Topliss-reactive ketones (excluding diaryl/α,β-unsaturated/α-hetero) is 1. The molecule has 1 aromatic rings. The van der Waals surface area contributed by atoms with E-state index in [1.807, 2.05) is 0 Å². The molecule has 2 rings (SSSR count). The van der Waals surface area contributed by atoms with Gasteiger partial charge >= 0.3 is 0 Å². The molecule has 96 valence electrons. The van der Waals surface area contributed by atoms with E-state index in [9.17, 15) is 9.59 Å². The molecule has 1 saturated carbocycles. The van der Waals surface area contributed by atoms with Gasteiger partial charge in [0.25, 0.3) is 0 Å². The molecule has 0 atom stereocenters. The SMILES string of the molecule is O=CCCCOCc1ccc(C2CC(=O)C2)cc1. The molecule has 1 aliphatic carbocycles. The van der Waals surface area contributed by atoms with Crippen LogP contribution in [0.2, 0.25) is 0 Å². The van der Waals surface area contributed by atoms with E-state index >= 15 is 0 Å². The lowest BCUT2D eigenvalue weighted by Crippen LogP contribution is -2.20. The van der Waals surface area contributed by atoms with Gasteiger partial charge in [-0.15, -0.1) is 0 Å². The number of hydrogen-bond donors (Lipinski definition) is 0. The Morgan fingerprint density at radius 2 is 1.94 bits per heavy atom. The van der Waals surface area contributed by atoms with Crippen molar-refractivity contribution in [2.75, 3.05) is 6.61 Å². The molecule has 1 aromatic carbocycles. The van der Waals surface area contributed by atoms with Gasteiger partial charge in [-0.3, -0.25) is 4.79 Å². The monoisotopic (exact) mass is 246 g/mol. The summed E-state index contributed by atoms with van der Waals surface area (Å²) < 4.78 is 5.47. The summed E-state index contributed by atoms with van der Waals surface area (Å²) >= 11 is 0. The van der Waals surface area contributed by atoms with Crippen LogP contribution in [0.15, 0.2) is 24.3 Å². The van der Waals surface area contributed by atoms with Gasteiger partial charge in [-0.1, -0.05) is 24.3 Å². The van der Waals surface area contributed by atoms with Gasteiger partial charge in [0.05, 0.1) is 6.61 Å². The van der Waals surface area contributed by atoms with E-state index in [0.29, 0.717) is 44.2 Å². The lowest BCUT2D eigenvalue weighted by atomic mass is 9.79. The van der Waals surface area contributed by atoms with Crippen LogP contribution in [-0.4, -0.2) is 18.7 Å². The summed E-state index contributed by atoms with van der Waals surface area (Å²) in [4.78, 5) is 21.0. The molecule has 0 saturated heterocycles. The Balaban J connectivity index is 1.73.